The zero-order valence-electron chi connectivity index (χ0n) is 15.5. The minimum atomic E-state index is 0.841. The number of hydrogen-bond acceptors (Lipinski definition) is 3. The van der Waals surface area contributed by atoms with E-state index in [1.165, 1.54) is 77.1 Å². The standard InChI is InChI=1S/C22H33N3/c1-2-4-20(5-3-1)23-12-14-24(15-13-23)21-8-10-25(11-9-21)22-17-18-6-7-19(22)16-18/h1-5,18-19,21-22H,6-17H2/t18-,19+,22+/m1/s1. The highest BCUT2D eigenvalue weighted by Gasteiger charge is 2.43. The third-order valence-electron chi connectivity index (χ3n) is 7.62. The molecular formula is C22H33N3. The number of hydrogen-bond donors (Lipinski definition) is 0. The molecule has 0 unspecified atom stereocenters. The lowest BCUT2D eigenvalue weighted by molar-refractivity contribution is 0.0618. The summed E-state index contributed by atoms with van der Waals surface area (Å²) in [4.78, 5) is 8.22. The van der Waals surface area contributed by atoms with Crippen LogP contribution in [0, 0.1) is 11.8 Å². The lowest BCUT2D eigenvalue weighted by atomic mass is 9.91. The van der Waals surface area contributed by atoms with Gasteiger partial charge >= 0.3 is 0 Å². The predicted octanol–water partition coefficient (Wildman–Crippen LogP) is 3.46. The van der Waals surface area contributed by atoms with Crippen LogP contribution in [-0.2, 0) is 0 Å². The van der Waals surface area contributed by atoms with Gasteiger partial charge in [0.25, 0.3) is 0 Å². The van der Waals surface area contributed by atoms with Crippen LogP contribution in [0.25, 0.3) is 0 Å². The molecular weight excluding hydrogens is 306 g/mol. The minimum Gasteiger partial charge on any atom is -0.369 e. The molecule has 4 aliphatic rings. The second kappa shape index (κ2) is 6.92. The van der Waals surface area contributed by atoms with Crippen LogP contribution in [0.15, 0.2) is 30.3 Å². The summed E-state index contributed by atoms with van der Waals surface area (Å²) in [6, 6.07) is 12.7. The first-order valence-electron chi connectivity index (χ1n) is 10.6. The Hall–Kier alpha value is -1.06. The highest BCUT2D eigenvalue weighted by atomic mass is 15.3. The number of piperazine rings is 1. The average molecular weight is 340 g/mol. The number of nitrogens with zero attached hydrogens (tertiary/aromatic N) is 3. The summed E-state index contributed by atoms with van der Waals surface area (Å²) in [6.07, 6.45) is 8.93. The highest BCUT2D eigenvalue weighted by Crippen LogP contribution is 2.47. The number of fused-ring (bicyclic) bond motifs is 2. The first-order chi connectivity index (χ1) is 12.4. The van der Waals surface area contributed by atoms with Crippen molar-refractivity contribution in [2.75, 3.05) is 44.2 Å². The molecule has 0 aromatic heterocycles. The molecule has 2 saturated heterocycles. The van der Waals surface area contributed by atoms with Crippen molar-refractivity contribution in [3.8, 4) is 0 Å². The Bertz CT molecular complexity index is 558. The van der Waals surface area contributed by atoms with E-state index in [1.807, 2.05) is 0 Å². The predicted molar refractivity (Wildman–Crippen MR) is 104 cm³/mol. The molecule has 2 heterocycles. The smallest absolute Gasteiger partial charge is 0.0367 e. The van der Waals surface area contributed by atoms with Gasteiger partial charge in [0, 0.05) is 44.0 Å². The van der Waals surface area contributed by atoms with Crippen LogP contribution < -0.4 is 4.90 Å². The Morgan fingerprint density at radius 2 is 1.44 bits per heavy atom. The fourth-order valence-electron chi connectivity index (χ4n) is 6.23. The van der Waals surface area contributed by atoms with Crippen LogP contribution in [0.2, 0.25) is 0 Å². The van der Waals surface area contributed by atoms with Crippen molar-refractivity contribution in [3.63, 3.8) is 0 Å². The fourth-order valence-corrected chi connectivity index (χ4v) is 6.23. The maximum Gasteiger partial charge on any atom is 0.0367 e. The number of anilines is 1. The molecule has 2 saturated carbocycles. The number of benzene rings is 1. The van der Waals surface area contributed by atoms with Crippen molar-refractivity contribution in [1.82, 2.24) is 9.80 Å². The molecule has 2 bridgehead atoms. The molecule has 0 spiro atoms. The van der Waals surface area contributed by atoms with E-state index in [0.29, 0.717) is 0 Å². The molecule has 3 atom stereocenters. The van der Waals surface area contributed by atoms with Crippen molar-refractivity contribution >= 4 is 5.69 Å². The van der Waals surface area contributed by atoms with E-state index in [4.69, 9.17) is 0 Å². The molecule has 136 valence electrons. The molecule has 5 rings (SSSR count). The summed E-state index contributed by atoms with van der Waals surface area (Å²) in [6.45, 7) is 7.59. The quantitative estimate of drug-likeness (QED) is 0.835. The second-order valence-corrected chi connectivity index (χ2v) is 8.87. The highest BCUT2D eigenvalue weighted by molar-refractivity contribution is 5.46. The first-order valence-corrected chi connectivity index (χ1v) is 10.6. The summed E-state index contributed by atoms with van der Waals surface area (Å²) in [7, 11) is 0. The Morgan fingerprint density at radius 3 is 2.08 bits per heavy atom. The van der Waals surface area contributed by atoms with Crippen LogP contribution in [-0.4, -0.2) is 61.2 Å². The van der Waals surface area contributed by atoms with E-state index < -0.39 is 0 Å². The largest absolute Gasteiger partial charge is 0.369 e. The Morgan fingerprint density at radius 1 is 0.680 bits per heavy atom. The van der Waals surface area contributed by atoms with Gasteiger partial charge in [-0.2, -0.15) is 0 Å². The second-order valence-electron chi connectivity index (χ2n) is 8.87. The SMILES string of the molecule is c1ccc(N2CCN(C3CCN([C@H]4C[C@@H]5CC[C@H]4C5)CC3)CC2)cc1. The van der Waals surface area contributed by atoms with Crippen LogP contribution in [0.4, 0.5) is 5.69 Å². The first kappa shape index (κ1) is 16.1. The Balaban J connectivity index is 1.11. The maximum atomic E-state index is 2.88. The molecule has 1 aromatic carbocycles. The average Bonchev–Trinajstić information content (AvgIpc) is 3.33. The van der Waals surface area contributed by atoms with E-state index in [1.54, 1.807) is 6.42 Å². The van der Waals surface area contributed by atoms with Crippen LogP contribution in [0.5, 0.6) is 0 Å². The van der Waals surface area contributed by atoms with Crippen molar-refractivity contribution in [2.45, 2.75) is 50.6 Å². The molecule has 0 N–H and O–H groups in total. The fraction of sp³-hybridized carbons (Fsp3) is 0.727. The van der Waals surface area contributed by atoms with E-state index in [-0.39, 0.29) is 0 Å². The molecule has 0 radical (unpaired) electrons. The minimum absolute atomic E-state index is 0.841. The molecule has 0 amide bonds. The van der Waals surface area contributed by atoms with Crippen molar-refractivity contribution < 1.29 is 0 Å². The molecule has 25 heavy (non-hydrogen) atoms. The zero-order valence-corrected chi connectivity index (χ0v) is 15.5. The monoisotopic (exact) mass is 339 g/mol. The van der Waals surface area contributed by atoms with Gasteiger partial charge in [-0.15, -0.1) is 0 Å². The van der Waals surface area contributed by atoms with Gasteiger partial charge in [-0.25, -0.2) is 0 Å². The van der Waals surface area contributed by atoms with E-state index in [9.17, 15) is 0 Å². The summed E-state index contributed by atoms with van der Waals surface area (Å²) >= 11 is 0. The van der Waals surface area contributed by atoms with E-state index in [2.05, 4.69) is 45.0 Å². The van der Waals surface area contributed by atoms with Gasteiger partial charge in [-0.05, 0) is 69.2 Å². The molecule has 2 aliphatic carbocycles. The number of rotatable bonds is 3. The van der Waals surface area contributed by atoms with Crippen molar-refractivity contribution in [2.24, 2.45) is 11.8 Å². The van der Waals surface area contributed by atoms with Crippen molar-refractivity contribution in [3.05, 3.63) is 30.3 Å². The molecule has 3 nitrogen and oxygen atoms in total. The van der Waals surface area contributed by atoms with E-state index >= 15 is 0 Å². The normalized spacial score (nSPS) is 34.7. The number of likely N-dealkylation sites (tertiary alicyclic amines) is 1. The lowest BCUT2D eigenvalue weighted by Crippen LogP contribution is -2.54. The van der Waals surface area contributed by atoms with Gasteiger partial charge in [0.1, 0.15) is 0 Å². The molecule has 2 aliphatic heterocycles. The van der Waals surface area contributed by atoms with Gasteiger partial charge in [-0.1, -0.05) is 24.6 Å². The van der Waals surface area contributed by atoms with Gasteiger partial charge in [0.2, 0.25) is 0 Å². The van der Waals surface area contributed by atoms with Crippen LogP contribution >= 0.6 is 0 Å². The van der Waals surface area contributed by atoms with Gasteiger partial charge in [0.05, 0.1) is 0 Å². The molecule has 4 fully saturated rings. The van der Waals surface area contributed by atoms with Crippen LogP contribution in [0.1, 0.15) is 38.5 Å². The topological polar surface area (TPSA) is 9.72 Å². The number of piperidine rings is 1. The summed E-state index contributed by atoms with van der Waals surface area (Å²) in [5.41, 5.74) is 1.40. The van der Waals surface area contributed by atoms with Crippen LogP contribution in [0.3, 0.4) is 0 Å². The third-order valence-corrected chi connectivity index (χ3v) is 7.62. The van der Waals surface area contributed by atoms with Gasteiger partial charge in [0.15, 0.2) is 0 Å². The summed E-state index contributed by atoms with van der Waals surface area (Å²) in [5.74, 6) is 2.13. The number of para-hydroxylation sites is 1. The maximum absolute atomic E-state index is 2.88. The molecule has 3 heteroatoms. The zero-order chi connectivity index (χ0) is 16.6. The Labute approximate surface area is 153 Å². The lowest BCUT2D eigenvalue weighted by Gasteiger charge is -2.45. The molecule has 1 aromatic rings. The van der Waals surface area contributed by atoms with Crippen molar-refractivity contribution in [1.29, 1.82) is 0 Å². The summed E-state index contributed by atoms with van der Waals surface area (Å²) < 4.78 is 0. The summed E-state index contributed by atoms with van der Waals surface area (Å²) in [5, 5.41) is 0. The van der Waals surface area contributed by atoms with Gasteiger partial charge < -0.3 is 4.90 Å². The Kier molecular flexibility index (Phi) is 4.47. The third kappa shape index (κ3) is 3.21. The van der Waals surface area contributed by atoms with Gasteiger partial charge in [-0.3, -0.25) is 9.80 Å². The van der Waals surface area contributed by atoms with E-state index in [0.717, 1.165) is 23.9 Å².